The molecule has 0 saturated heterocycles. The molecule has 0 aliphatic carbocycles. The molecular weight excluding hydrogens is 372 g/mol. The molecule has 0 bridgehead atoms. The molecule has 0 aromatic heterocycles. The third-order valence-electron chi connectivity index (χ3n) is 4.11. The monoisotopic (exact) mass is 392 g/mol. The van der Waals surface area contributed by atoms with Crippen LogP contribution in [-0.2, 0) is 0 Å². The van der Waals surface area contributed by atoms with E-state index in [2.05, 4.69) is 5.32 Å². The molecule has 0 spiro atoms. The second kappa shape index (κ2) is 9.64. The molecule has 0 radical (unpaired) electrons. The molecule has 142 valence electrons. The Morgan fingerprint density at radius 1 is 0.893 bits per heavy atom. The van der Waals surface area contributed by atoms with Gasteiger partial charge in [0, 0.05) is 11.1 Å². The van der Waals surface area contributed by atoms with Crippen molar-refractivity contribution >= 4 is 23.1 Å². The molecule has 0 fully saturated rings. The van der Waals surface area contributed by atoms with E-state index >= 15 is 0 Å². The van der Waals surface area contributed by atoms with Crippen LogP contribution in [0.3, 0.4) is 0 Å². The van der Waals surface area contributed by atoms with Gasteiger partial charge in [0.2, 0.25) is 0 Å². The van der Waals surface area contributed by atoms with Crippen molar-refractivity contribution < 1.29 is 14.7 Å². The molecule has 28 heavy (non-hydrogen) atoms. The highest BCUT2D eigenvalue weighted by atomic mass is 32.1. The van der Waals surface area contributed by atoms with Crippen molar-refractivity contribution in [2.75, 3.05) is 13.2 Å². The average Bonchev–Trinajstić information content (AvgIpc) is 2.77. The molecule has 3 aromatic rings. The lowest BCUT2D eigenvalue weighted by molar-refractivity contribution is 0.0947. The lowest BCUT2D eigenvalue weighted by Crippen LogP contribution is -2.28. The van der Waals surface area contributed by atoms with E-state index in [-0.39, 0.29) is 10.9 Å². The van der Waals surface area contributed by atoms with Crippen molar-refractivity contribution in [2.45, 2.75) is 0 Å². The SMILES string of the molecule is O=C(NCCOc1ccc(C(=S)NO)cc1)c1cccc(-c2ccccc2)c1. The Morgan fingerprint density at radius 3 is 2.32 bits per heavy atom. The highest BCUT2D eigenvalue weighted by Gasteiger charge is 2.07. The first-order valence-electron chi connectivity index (χ1n) is 8.78. The van der Waals surface area contributed by atoms with Crippen LogP contribution in [-0.4, -0.2) is 29.3 Å². The summed E-state index contributed by atoms with van der Waals surface area (Å²) in [7, 11) is 0. The van der Waals surface area contributed by atoms with Gasteiger partial charge in [0.1, 0.15) is 17.3 Å². The van der Waals surface area contributed by atoms with Gasteiger partial charge in [-0.2, -0.15) is 0 Å². The molecular formula is C22H20N2O3S. The maximum Gasteiger partial charge on any atom is 0.251 e. The fraction of sp³-hybridized carbons (Fsp3) is 0.0909. The Bertz CT molecular complexity index is 944. The van der Waals surface area contributed by atoms with Crippen LogP contribution in [0.15, 0.2) is 78.9 Å². The number of carbonyl (C=O) groups is 1. The van der Waals surface area contributed by atoms with Gasteiger partial charge in [-0.15, -0.1) is 0 Å². The van der Waals surface area contributed by atoms with Crippen LogP contribution in [0, 0.1) is 0 Å². The molecule has 5 nitrogen and oxygen atoms in total. The van der Waals surface area contributed by atoms with E-state index in [1.165, 1.54) is 0 Å². The zero-order valence-corrected chi connectivity index (χ0v) is 15.9. The number of amides is 1. The van der Waals surface area contributed by atoms with Crippen molar-refractivity contribution in [1.29, 1.82) is 0 Å². The summed E-state index contributed by atoms with van der Waals surface area (Å²) in [5.41, 5.74) is 5.31. The molecule has 0 heterocycles. The van der Waals surface area contributed by atoms with Crippen molar-refractivity contribution in [1.82, 2.24) is 10.8 Å². The number of nitrogens with one attached hydrogen (secondary N) is 2. The van der Waals surface area contributed by atoms with Crippen molar-refractivity contribution in [3.05, 3.63) is 90.0 Å². The topological polar surface area (TPSA) is 70.6 Å². The number of carbonyl (C=O) groups excluding carboxylic acids is 1. The van der Waals surface area contributed by atoms with Gasteiger partial charge in [-0.25, -0.2) is 0 Å². The highest BCUT2D eigenvalue weighted by molar-refractivity contribution is 7.80. The molecule has 0 aliphatic rings. The second-order valence-electron chi connectivity index (χ2n) is 6.02. The maximum atomic E-state index is 12.4. The first-order chi connectivity index (χ1) is 13.7. The summed E-state index contributed by atoms with van der Waals surface area (Å²) in [5.74, 6) is 0.515. The van der Waals surface area contributed by atoms with E-state index in [0.717, 1.165) is 11.1 Å². The third kappa shape index (κ3) is 5.16. The van der Waals surface area contributed by atoms with E-state index in [4.69, 9.17) is 22.2 Å². The van der Waals surface area contributed by atoms with Crippen LogP contribution in [0.4, 0.5) is 0 Å². The Hall–Kier alpha value is -3.22. The standard InChI is InChI=1S/C22H20N2O3S/c25-21(19-8-4-7-18(15-19)16-5-2-1-3-6-16)23-13-14-27-20-11-9-17(10-12-20)22(28)24-26/h1-12,15,26H,13-14H2,(H,23,25)(H,24,28). The zero-order chi connectivity index (χ0) is 19.8. The number of rotatable bonds is 7. The molecule has 0 aliphatic heterocycles. The Morgan fingerprint density at radius 2 is 1.61 bits per heavy atom. The molecule has 6 heteroatoms. The smallest absolute Gasteiger partial charge is 0.251 e. The minimum Gasteiger partial charge on any atom is -0.492 e. The van der Waals surface area contributed by atoms with Crippen LogP contribution >= 0.6 is 12.2 Å². The van der Waals surface area contributed by atoms with Crippen LogP contribution in [0.5, 0.6) is 5.75 Å². The van der Waals surface area contributed by atoms with Crippen molar-refractivity contribution in [2.24, 2.45) is 0 Å². The summed E-state index contributed by atoms with van der Waals surface area (Å²) < 4.78 is 5.61. The third-order valence-corrected chi connectivity index (χ3v) is 4.43. The Labute approximate surface area is 168 Å². The van der Waals surface area contributed by atoms with Gasteiger partial charge in [-0.1, -0.05) is 54.7 Å². The van der Waals surface area contributed by atoms with Crippen molar-refractivity contribution in [3.8, 4) is 16.9 Å². The quantitative estimate of drug-likeness (QED) is 0.324. The van der Waals surface area contributed by atoms with E-state index in [0.29, 0.717) is 30.0 Å². The molecule has 0 atom stereocenters. The molecule has 3 aromatic carbocycles. The first kappa shape index (κ1) is 19.5. The minimum absolute atomic E-state index is 0.143. The Balaban J connectivity index is 1.50. The molecule has 3 rings (SSSR count). The normalized spacial score (nSPS) is 10.2. The van der Waals surface area contributed by atoms with Gasteiger partial charge in [0.15, 0.2) is 0 Å². The second-order valence-corrected chi connectivity index (χ2v) is 6.42. The molecule has 1 amide bonds. The van der Waals surface area contributed by atoms with Gasteiger partial charge < -0.3 is 10.1 Å². The predicted octanol–water partition coefficient (Wildman–Crippen LogP) is 3.82. The van der Waals surface area contributed by atoms with Crippen molar-refractivity contribution in [3.63, 3.8) is 0 Å². The van der Waals surface area contributed by atoms with Gasteiger partial charge >= 0.3 is 0 Å². The van der Waals surface area contributed by atoms with Crippen LogP contribution in [0.25, 0.3) is 11.1 Å². The summed E-state index contributed by atoms with van der Waals surface area (Å²) in [6.45, 7) is 0.721. The summed E-state index contributed by atoms with van der Waals surface area (Å²) in [6, 6.07) is 24.5. The van der Waals surface area contributed by atoms with Gasteiger partial charge in [0.05, 0.1) is 6.54 Å². The van der Waals surface area contributed by atoms with Crippen LogP contribution < -0.4 is 15.5 Å². The fourth-order valence-corrected chi connectivity index (χ4v) is 2.81. The number of benzene rings is 3. The van der Waals surface area contributed by atoms with Crippen LogP contribution in [0.2, 0.25) is 0 Å². The number of thiocarbonyl (C=S) groups is 1. The molecule has 3 N–H and O–H groups in total. The largest absolute Gasteiger partial charge is 0.492 e. The number of hydrogen-bond donors (Lipinski definition) is 3. The van der Waals surface area contributed by atoms with E-state index in [9.17, 15) is 4.79 Å². The summed E-state index contributed by atoms with van der Waals surface area (Å²) >= 11 is 4.94. The summed E-state index contributed by atoms with van der Waals surface area (Å²) in [4.78, 5) is 12.6. The van der Waals surface area contributed by atoms with Gasteiger partial charge in [0.25, 0.3) is 5.91 Å². The van der Waals surface area contributed by atoms with E-state index in [1.807, 2.05) is 54.0 Å². The summed E-state index contributed by atoms with van der Waals surface area (Å²) in [5, 5.41) is 11.7. The van der Waals surface area contributed by atoms with Gasteiger partial charge in [-0.3, -0.25) is 15.5 Å². The predicted molar refractivity (Wildman–Crippen MR) is 113 cm³/mol. The lowest BCUT2D eigenvalue weighted by atomic mass is 10.0. The highest BCUT2D eigenvalue weighted by Crippen LogP contribution is 2.20. The zero-order valence-electron chi connectivity index (χ0n) is 15.1. The maximum absolute atomic E-state index is 12.4. The molecule has 0 unspecified atom stereocenters. The number of hydroxylamine groups is 1. The van der Waals surface area contributed by atoms with E-state index < -0.39 is 0 Å². The number of ether oxygens (including phenoxy) is 1. The minimum atomic E-state index is -0.143. The lowest BCUT2D eigenvalue weighted by Gasteiger charge is -2.09. The Kier molecular flexibility index (Phi) is 6.73. The number of hydrogen-bond acceptors (Lipinski definition) is 4. The fourth-order valence-electron chi connectivity index (χ4n) is 2.67. The van der Waals surface area contributed by atoms with Gasteiger partial charge in [-0.05, 0) is 47.5 Å². The molecule has 0 saturated carbocycles. The van der Waals surface area contributed by atoms with Crippen LogP contribution in [0.1, 0.15) is 15.9 Å². The first-order valence-corrected chi connectivity index (χ1v) is 9.19. The average molecular weight is 392 g/mol. The summed E-state index contributed by atoms with van der Waals surface area (Å²) in [6.07, 6.45) is 0. The van der Waals surface area contributed by atoms with E-state index in [1.54, 1.807) is 30.3 Å².